The second-order valence-electron chi connectivity index (χ2n) is 2.46. The van der Waals surface area contributed by atoms with Crippen LogP contribution in [0.25, 0.3) is 0 Å². The van der Waals surface area contributed by atoms with Gasteiger partial charge in [-0.25, -0.2) is 0 Å². The molecule has 0 bridgehead atoms. The van der Waals surface area contributed by atoms with Gasteiger partial charge in [0.1, 0.15) is 4.83 Å². The molecule has 5 heteroatoms. The van der Waals surface area contributed by atoms with E-state index in [4.69, 9.17) is 0 Å². The summed E-state index contributed by atoms with van der Waals surface area (Å²) < 4.78 is 8.94. The summed E-state index contributed by atoms with van der Waals surface area (Å²) >= 11 is 3.15. The number of hydrogen-bond acceptors (Lipinski definition) is 4. The number of alkyl halides is 1. The van der Waals surface area contributed by atoms with Gasteiger partial charge in [0.2, 0.25) is 0 Å². The topological polar surface area (TPSA) is 52.6 Å². The van der Waals surface area contributed by atoms with Crippen molar-refractivity contribution in [1.82, 2.24) is 0 Å². The van der Waals surface area contributed by atoms with E-state index in [0.29, 0.717) is 19.3 Å². The Morgan fingerprint density at radius 2 is 1.92 bits per heavy atom. The molecule has 1 unspecified atom stereocenters. The standard InChI is InChI=1S/C8H13BrO4/c1-12-7(10)5-3-4-6(9)8(11)13-2/h6H,3-5H2,1-2H3. The van der Waals surface area contributed by atoms with Crippen molar-refractivity contribution < 1.29 is 19.1 Å². The molecule has 4 nitrogen and oxygen atoms in total. The molecule has 0 spiro atoms. The fraction of sp³-hybridized carbons (Fsp3) is 0.750. The fourth-order valence-electron chi connectivity index (χ4n) is 0.773. The lowest BCUT2D eigenvalue weighted by atomic mass is 10.2. The van der Waals surface area contributed by atoms with E-state index in [2.05, 4.69) is 25.4 Å². The number of hydrogen-bond donors (Lipinski definition) is 0. The predicted molar refractivity (Wildman–Crippen MR) is 50.6 cm³/mol. The molecule has 0 aromatic carbocycles. The van der Waals surface area contributed by atoms with E-state index in [9.17, 15) is 9.59 Å². The molecule has 1 atom stereocenters. The molecule has 0 aliphatic heterocycles. The summed E-state index contributed by atoms with van der Waals surface area (Å²) in [6.07, 6.45) is 1.51. The van der Waals surface area contributed by atoms with E-state index < -0.39 is 0 Å². The molecular weight excluding hydrogens is 240 g/mol. The minimum Gasteiger partial charge on any atom is -0.469 e. The summed E-state index contributed by atoms with van der Waals surface area (Å²) in [4.78, 5) is 21.2. The van der Waals surface area contributed by atoms with Crippen LogP contribution in [0, 0.1) is 0 Å². The van der Waals surface area contributed by atoms with Crippen molar-refractivity contribution in [2.24, 2.45) is 0 Å². The molecule has 0 radical (unpaired) electrons. The van der Waals surface area contributed by atoms with Crippen LogP contribution in [0.5, 0.6) is 0 Å². The third-order valence-electron chi connectivity index (χ3n) is 1.52. The minimum absolute atomic E-state index is 0.260. The number of rotatable bonds is 5. The van der Waals surface area contributed by atoms with Crippen molar-refractivity contribution in [2.45, 2.75) is 24.1 Å². The highest BCUT2D eigenvalue weighted by Gasteiger charge is 2.14. The molecule has 0 aromatic heterocycles. The highest BCUT2D eigenvalue weighted by molar-refractivity contribution is 9.10. The molecule has 0 heterocycles. The first kappa shape index (κ1) is 12.4. The van der Waals surface area contributed by atoms with Gasteiger partial charge in [-0.05, 0) is 12.8 Å². The zero-order chi connectivity index (χ0) is 10.3. The minimum atomic E-state index is -0.331. The molecular formula is C8H13BrO4. The summed E-state index contributed by atoms with van der Waals surface area (Å²) in [5.41, 5.74) is 0. The van der Waals surface area contributed by atoms with Gasteiger partial charge in [0.05, 0.1) is 14.2 Å². The van der Waals surface area contributed by atoms with Crippen molar-refractivity contribution in [3.05, 3.63) is 0 Å². The van der Waals surface area contributed by atoms with E-state index in [0.717, 1.165) is 0 Å². The number of esters is 2. The van der Waals surface area contributed by atoms with Crippen LogP contribution in [-0.2, 0) is 19.1 Å². The van der Waals surface area contributed by atoms with E-state index in [-0.39, 0.29) is 16.8 Å². The Labute approximate surface area is 85.7 Å². The number of ether oxygens (including phenoxy) is 2. The Bertz CT molecular complexity index is 181. The lowest BCUT2D eigenvalue weighted by molar-refractivity contribution is -0.142. The maximum absolute atomic E-state index is 10.9. The quantitative estimate of drug-likeness (QED) is 0.546. The van der Waals surface area contributed by atoms with Gasteiger partial charge in [-0.2, -0.15) is 0 Å². The third-order valence-corrected chi connectivity index (χ3v) is 2.35. The van der Waals surface area contributed by atoms with E-state index in [1.807, 2.05) is 0 Å². The fourth-order valence-corrected chi connectivity index (χ4v) is 1.28. The largest absolute Gasteiger partial charge is 0.469 e. The van der Waals surface area contributed by atoms with E-state index >= 15 is 0 Å². The van der Waals surface area contributed by atoms with Crippen LogP contribution in [0.4, 0.5) is 0 Å². The van der Waals surface area contributed by atoms with Crippen LogP contribution in [0.2, 0.25) is 0 Å². The number of methoxy groups -OCH3 is 2. The first-order valence-corrected chi connectivity index (χ1v) is 4.82. The summed E-state index contributed by atoms with van der Waals surface area (Å²) in [7, 11) is 2.67. The SMILES string of the molecule is COC(=O)CCCC(Br)C(=O)OC. The van der Waals surface area contributed by atoms with Crippen LogP contribution in [0.3, 0.4) is 0 Å². The predicted octanol–water partition coefficient (Wildman–Crippen LogP) is 1.27. The van der Waals surface area contributed by atoms with Gasteiger partial charge < -0.3 is 9.47 Å². The third kappa shape index (κ3) is 5.63. The zero-order valence-electron chi connectivity index (χ0n) is 7.71. The Kier molecular flexibility index (Phi) is 6.58. The lowest BCUT2D eigenvalue weighted by Crippen LogP contribution is -2.15. The highest BCUT2D eigenvalue weighted by atomic mass is 79.9. The number of carbonyl (C=O) groups is 2. The van der Waals surface area contributed by atoms with Gasteiger partial charge in [-0.3, -0.25) is 9.59 Å². The van der Waals surface area contributed by atoms with Crippen LogP contribution in [0.15, 0.2) is 0 Å². The monoisotopic (exact) mass is 252 g/mol. The molecule has 0 rings (SSSR count). The molecule has 0 amide bonds. The van der Waals surface area contributed by atoms with Gasteiger partial charge in [0.15, 0.2) is 0 Å². The van der Waals surface area contributed by atoms with Crippen LogP contribution >= 0.6 is 15.9 Å². The summed E-state index contributed by atoms with van der Waals surface area (Å²) in [6.45, 7) is 0. The van der Waals surface area contributed by atoms with Crippen molar-refractivity contribution >= 4 is 27.9 Å². The van der Waals surface area contributed by atoms with Crippen molar-refractivity contribution in [2.75, 3.05) is 14.2 Å². The molecule has 0 aromatic rings. The average molecular weight is 253 g/mol. The maximum Gasteiger partial charge on any atom is 0.319 e. The Morgan fingerprint density at radius 3 is 2.38 bits per heavy atom. The summed E-state index contributed by atoms with van der Waals surface area (Å²) in [5, 5.41) is 0. The van der Waals surface area contributed by atoms with Crippen LogP contribution in [0.1, 0.15) is 19.3 Å². The van der Waals surface area contributed by atoms with Gasteiger partial charge in [-0.15, -0.1) is 0 Å². The van der Waals surface area contributed by atoms with Gasteiger partial charge in [0.25, 0.3) is 0 Å². The second-order valence-corrected chi connectivity index (χ2v) is 3.56. The van der Waals surface area contributed by atoms with E-state index in [1.54, 1.807) is 0 Å². The molecule has 0 aliphatic rings. The number of halogens is 1. The zero-order valence-corrected chi connectivity index (χ0v) is 9.30. The molecule has 0 saturated carbocycles. The molecule has 0 saturated heterocycles. The van der Waals surface area contributed by atoms with E-state index in [1.165, 1.54) is 14.2 Å². The normalized spacial score (nSPS) is 11.9. The molecule has 13 heavy (non-hydrogen) atoms. The lowest BCUT2D eigenvalue weighted by Gasteiger charge is -2.05. The first-order chi connectivity index (χ1) is 6.11. The number of carbonyl (C=O) groups excluding carboxylic acids is 2. The maximum atomic E-state index is 10.9. The smallest absolute Gasteiger partial charge is 0.319 e. The van der Waals surface area contributed by atoms with Crippen LogP contribution in [-0.4, -0.2) is 31.0 Å². The Hall–Kier alpha value is -0.580. The van der Waals surface area contributed by atoms with Crippen molar-refractivity contribution in [3.8, 4) is 0 Å². The van der Waals surface area contributed by atoms with Crippen molar-refractivity contribution in [1.29, 1.82) is 0 Å². The average Bonchev–Trinajstić information content (AvgIpc) is 2.15. The second kappa shape index (κ2) is 6.88. The molecule has 0 fully saturated rings. The van der Waals surface area contributed by atoms with Gasteiger partial charge in [0, 0.05) is 6.42 Å². The Morgan fingerprint density at radius 1 is 1.31 bits per heavy atom. The Balaban J connectivity index is 3.53. The van der Waals surface area contributed by atoms with Gasteiger partial charge >= 0.3 is 11.9 Å². The summed E-state index contributed by atoms with van der Waals surface area (Å²) in [5.74, 6) is -0.575. The highest BCUT2D eigenvalue weighted by Crippen LogP contribution is 2.11. The molecule has 0 N–H and O–H groups in total. The first-order valence-electron chi connectivity index (χ1n) is 3.90. The van der Waals surface area contributed by atoms with Crippen molar-refractivity contribution in [3.63, 3.8) is 0 Å². The molecule has 0 aliphatic carbocycles. The summed E-state index contributed by atoms with van der Waals surface area (Å²) in [6, 6.07) is 0. The molecule has 76 valence electrons. The van der Waals surface area contributed by atoms with Gasteiger partial charge in [-0.1, -0.05) is 15.9 Å². The van der Waals surface area contributed by atoms with Crippen LogP contribution < -0.4 is 0 Å².